The van der Waals surface area contributed by atoms with Gasteiger partial charge in [-0.1, -0.05) is 36.1 Å². The Morgan fingerprint density at radius 3 is 1.72 bits per heavy atom. The van der Waals surface area contributed by atoms with E-state index in [9.17, 15) is 30.7 Å². The zero-order valence-electron chi connectivity index (χ0n) is 14.9. The minimum atomic E-state index is -4.62. The molecule has 9 heteroatoms. The van der Waals surface area contributed by atoms with E-state index in [1.807, 2.05) is 7.85 Å². The molecule has 0 aliphatic rings. The van der Waals surface area contributed by atoms with Gasteiger partial charge in [0.15, 0.2) is 17.5 Å². The largest absolute Gasteiger partial charge is 0.432 e. The highest BCUT2D eigenvalue weighted by Crippen LogP contribution is 2.37. The zero-order chi connectivity index (χ0) is 21.3. The van der Waals surface area contributed by atoms with E-state index < -0.39 is 46.5 Å². The van der Waals surface area contributed by atoms with Gasteiger partial charge >= 0.3 is 6.11 Å². The number of halogens is 7. The third-order valence-electron chi connectivity index (χ3n) is 4.23. The summed E-state index contributed by atoms with van der Waals surface area (Å²) in [5, 5.41) is 0. The van der Waals surface area contributed by atoms with Crippen molar-refractivity contribution in [3.05, 3.63) is 88.7 Å². The molecule has 0 saturated carbocycles. The van der Waals surface area contributed by atoms with Crippen LogP contribution in [0.5, 0.6) is 5.75 Å². The summed E-state index contributed by atoms with van der Waals surface area (Å²) in [6, 6.07) is 8.32. The summed E-state index contributed by atoms with van der Waals surface area (Å²) >= 11 is 0. The lowest BCUT2D eigenvalue weighted by Gasteiger charge is -2.20. The molecule has 0 heterocycles. The topological polar surface area (TPSA) is 9.23 Å². The summed E-state index contributed by atoms with van der Waals surface area (Å²) in [6.07, 6.45) is -3.87. The van der Waals surface area contributed by atoms with Crippen LogP contribution in [0.4, 0.5) is 30.7 Å². The highest BCUT2D eigenvalue weighted by atomic mass is 19.3. The number of alkyl halides is 2. The molecule has 0 spiro atoms. The summed E-state index contributed by atoms with van der Waals surface area (Å²) in [5.74, 6) is -9.84. The smallest absolute Gasteiger partial charge is 0.429 e. The van der Waals surface area contributed by atoms with Gasteiger partial charge in [0.2, 0.25) is 0 Å². The van der Waals surface area contributed by atoms with Gasteiger partial charge in [0.1, 0.15) is 30.8 Å². The van der Waals surface area contributed by atoms with Crippen LogP contribution < -0.4 is 4.74 Å². The van der Waals surface area contributed by atoms with Crippen LogP contribution >= 0.6 is 0 Å². The number of ether oxygens (including phenoxy) is 1. The van der Waals surface area contributed by atoms with Gasteiger partial charge in [0, 0.05) is 12.1 Å². The molecule has 0 aromatic heterocycles. The second-order valence-corrected chi connectivity index (χ2v) is 6.19. The minimum absolute atomic E-state index is 0.0149. The molecule has 0 bridgehead atoms. The van der Waals surface area contributed by atoms with Gasteiger partial charge in [-0.2, -0.15) is 8.78 Å². The highest BCUT2D eigenvalue weighted by molar-refractivity contribution is 6.08. The van der Waals surface area contributed by atoms with Gasteiger partial charge < -0.3 is 4.74 Å². The normalized spacial score (nSPS) is 11.6. The fraction of sp³-hybridized carbons (Fsp3) is 0.100. The molecular formula is C20H12BF7O. The Morgan fingerprint density at radius 2 is 1.24 bits per heavy atom. The summed E-state index contributed by atoms with van der Waals surface area (Å²) in [7, 11) is 1.92. The molecule has 3 rings (SSSR count). The van der Waals surface area contributed by atoms with Crippen molar-refractivity contribution >= 4 is 7.85 Å². The molecule has 0 saturated heterocycles. The summed E-state index contributed by atoms with van der Waals surface area (Å²) in [5.41, 5.74) is -0.346. The molecule has 0 fully saturated rings. The Hall–Kier alpha value is -2.97. The van der Waals surface area contributed by atoms with E-state index in [-0.39, 0.29) is 17.7 Å². The fourth-order valence-corrected chi connectivity index (χ4v) is 2.74. The Bertz CT molecular complexity index is 1010. The van der Waals surface area contributed by atoms with E-state index in [1.165, 1.54) is 0 Å². The summed E-state index contributed by atoms with van der Waals surface area (Å²) < 4.78 is 101. The number of rotatable bonds is 5. The van der Waals surface area contributed by atoms with E-state index in [0.717, 1.165) is 11.9 Å². The van der Waals surface area contributed by atoms with Crippen LogP contribution in [-0.4, -0.2) is 7.85 Å². The molecule has 0 aliphatic carbocycles. The third kappa shape index (κ3) is 4.23. The van der Waals surface area contributed by atoms with Crippen molar-refractivity contribution < 1.29 is 35.5 Å². The van der Waals surface area contributed by atoms with Gasteiger partial charge in [0.25, 0.3) is 0 Å². The Kier molecular flexibility index (Phi) is 5.59. The minimum Gasteiger partial charge on any atom is -0.429 e. The van der Waals surface area contributed by atoms with Crippen molar-refractivity contribution in [2.45, 2.75) is 12.4 Å². The maximum absolute atomic E-state index is 14.4. The molecule has 150 valence electrons. The molecule has 0 atom stereocenters. The predicted molar refractivity (Wildman–Crippen MR) is 94.9 cm³/mol. The van der Waals surface area contributed by atoms with Crippen LogP contribution in [0.3, 0.4) is 0 Å². The van der Waals surface area contributed by atoms with Gasteiger partial charge in [-0.25, -0.2) is 22.0 Å². The fourth-order valence-electron chi connectivity index (χ4n) is 2.74. The van der Waals surface area contributed by atoms with Gasteiger partial charge in [-0.15, -0.1) is 0 Å². The Labute approximate surface area is 162 Å². The van der Waals surface area contributed by atoms with E-state index in [4.69, 9.17) is 0 Å². The lowest BCUT2D eigenvalue weighted by Crippen LogP contribution is -2.25. The number of hydrogen-bond donors (Lipinski definition) is 0. The first kappa shape index (κ1) is 20.8. The van der Waals surface area contributed by atoms with Gasteiger partial charge in [0.05, 0.1) is 0 Å². The van der Waals surface area contributed by atoms with Crippen LogP contribution in [0.2, 0.25) is 0 Å². The Morgan fingerprint density at radius 1 is 0.724 bits per heavy atom. The third-order valence-corrected chi connectivity index (χ3v) is 4.23. The average Bonchev–Trinajstić information content (AvgIpc) is 2.65. The Balaban J connectivity index is 1.97. The molecule has 0 aliphatic heterocycles. The second-order valence-electron chi connectivity index (χ2n) is 6.19. The molecule has 3 aromatic carbocycles. The monoisotopic (exact) mass is 412 g/mol. The van der Waals surface area contributed by atoms with Crippen molar-refractivity contribution in [3.63, 3.8) is 0 Å². The second kappa shape index (κ2) is 7.81. The van der Waals surface area contributed by atoms with Crippen molar-refractivity contribution in [1.82, 2.24) is 0 Å². The van der Waals surface area contributed by atoms with Crippen LogP contribution in [-0.2, 0) is 12.4 Å². The SMILES string of the molecule is BCc1ccc(-c2cc(F)c(C(F)(F)Oc3cc(F)c(F)c(F)c3)c(F)c2)cc1. The first-order chi connectivity index (χ1) is 13.6. The quantitative estimate of drug-likeness (QED) is 0.314. The lowest BCUT2D eigenvalue weighted by molar-refractivity contribution is -0.189. The molecule has 0 radical (unpaired) electrons. The molecule has 0 amide bonds. The summed E-state index contributed by atoms with van der Waals surface area (Å²) in [4.78, 5) is 0. The van der Waals surface area contributed by atoms with E-state index >= 15 is 0 Å². The highest BCUT2D eigenvalue weighted by Gasteiger charge is 2.41. The molecular weight excluding hydrogens is 400 g/mol. The van der Waals surface area contributed by atoms with Crippen molar-refractivity contribution in [2.24, 2.45) is 0 Å². The summed E-state index contributed by atoms with van der Waals surface area (Å²) in [6.45, 7) is 0. The predicted octanol–water partition coefficient (Wildman–Crippen LogP) is 5.31. The van der Waals surface area contributed by atoms with Crippen molar-refractivity contribution in [3.8, 4) is 16.9 Å². The van der Waals surface area contributed by atoms with Crippen molar-refractivity contribution in [2.75, 3.05) is 0 Å². The first-order valence-corrected chi connectivity index (χ1v) is 8.42. The van der Waals surface area contributed by atoms with Crippen LogP contribution in [0, 0.1) is 29.1 Å². The molecule has 0 N–H and O–H groups in total. The molecule has 3 aromatic rings. The van der Waals surface area contributed by atoms with Crippen LogP contribution in [0.15, 0.2) is 48.5 Å². The van der Waals surface area contributed by atoms with Crippen LogP contribution in [0.1, 0.15) is 11.1 Å². The molecule has 0 unspecified atom stereocenters. The van der Waals surface area contributed by atoms with Gasteiger partial charge in [-0.3, -0.25) is 0 Å². The molecule has 1 nitrogen and oxygen atoms in total. The zero-order valence-corrected chi connectivity index (χ0v) is 14.9. The maximum atomic E-state index is 14.4. The number of hydrogen-bond acceptors (Lipinski definition) is 1. The number of benzene rings is 3. The average molecular weight is 412 g/mol. The van der Waals surface area contributed by atoms with E-state index in [1.54, 1.807) is 24.3 Å². The lowest BCUT2D eigenvalue weighted by atomic mass is 9.94. The standard InChI is InChI=1S/C20H12BF7O/c21-9-10-1-3-11(4-2-10)12-5-14(22)18(15(23)6-12)20(27,28)29-13-7-16(24)19(26)17(25)8-13/h1-8H,9,21H2. The molecule has 29 heavy (non-hydrogen) atoms. The van der Waals surface area contributed by atoms with E-state index in [0.29, 0.717) is 17.7 Å². The first-order valence-electron chi connectivity index (χ1n) is 8.42. The maximum Gasteiger partial charge on any atom is 0.432 e. The van der Waals surface area contributed by atoms with E-state index in [2.05, 4.69) is 4.74 Å². The van der Waals surface area contributed by atoms with Crippen molar-refractivity contribution in [1.29, 1.82) is 0 Å². The van der Waals surface area contributed by atoms with Crippen LogP contribution in [0.25, 0.3) is 11.1 Å². The van der Waals surface area contributed by atoms with Gasteiger partial charge in [-0.05, 0) is 23.3 Å².